The number of halogens is 3. The molecule has 0 heterocycles. The van der Waals surface area contributed by atoms with Crippen molar-refractivity contribution in [2.24, 2.45) is 5.84 Å². The zero-order chi connectivity index (χ0) is 14.7. The van der Waals surface area contributed by atoms with Crippen molar-refractivity contribution in [1.29, 1.82) is 0 Å². The second-order valence-electron chi connectivity index (χ2n) is 4.11. The standard InChI is InChI=1S/C14H13BrF2N2O/c1-20-11-5-3-2-4-8(11)14(19-18)9-6-7-10(16)13(17)12(9)15/h2-7,14,19H,18H2,1H3. The van der Waals surface area contributed by atoms with Crippen LogP contribution in [-0.2, 0) is 0 Å². The number of hydrazine groups is 1. The smallest absolute Gasteiger partial charge is 0.173 e. The Kier molecular flexibility index (Phi) is 4.69. The first-order valence-electron chi connectivity index (χ1n) is 5.82. The van der Waals surface area contributed by atoms with Gasteiger partial charge in [0.05, 0.1) is 17.6 Å². The molecule has 0 bridgehead atoms. The van der Waals surface area contributed by atoms with Crippen LogP contribution in [0.3, 0.4) is 0 Å². The zero-order valence-electron chi connectivity index (χ0n) is 10.7. The molecule has 0 aliphatic heterocycles. The summed E-state index contributed by atoms with van der Waals surface area (Å²) < 4.78 is 32.2. The molecule has 0 aliphatic carbocycles. The van der Waals surface area contributed by atoms with E-state index in [0.717, 1.165) is 11.6 Å². The highest BCUT2D eigenvalue weighted by Crippen LogP contribution is 2.34. The van der Waals surface area contributed by atoms with Crippen molar-refractivity contribution in [3.8, 4) is 5.75 Å². The number of rotatable bonds is 4. The lowest BCUT2D eigenvalue weighted by Crippen LogP contribution is -2.29. The Labute approximate surface area is 123 Å². The lowest BCUT2D eigenvalue weighted by molar-refractivity contribution is 0.404. The van der Waals surface area contributed by atoms with Gasteiger partial charge in [0, 0.05) is 5.56 Å². The van der Waals surface area contributed by atoms with Gasteiger partial charge < -0.3 is 4.74 Å². The average molecular weight is 343 g/mol. The Morgan fingerprint density at radius 2 is 1.85 bits per heavy atom. The van der Waals surface area contributed by atoms with Crippen LogP contribution in [0.4, 0.5) is 8.78 Å². The third-order valence-corrected chi connectivity index (χ3v) is 3.80. The van der Waals surface area contributed by atoms with Crippen LogP contribution >= 0.6 is 15.9 Å². The van der Waals surface area contributed by atoms with Crippen molar-refractivity contribution in [1.82, 2.24) is 5.43 Å². The highest BCUT2D eigenvalue weighted by atomic mass is 79.9. The van der Waals surface area contributed by atoms with E-state index in [2.05, 4.69) is 21.4 Å². The van der Waals surface area contributed by atoms with E-state index in [4.69, 9.17) is 10.6 Å². The number of benzene rings is 2. The number of nitrogens with two attached hydrogens (primary N) is 1. The molecular formula is C14H13BrF2N2O. The van der Waals surface area contributed by atoms with Gasteiger partial charge in [-0.25, -0.2) is 14.2 Å². The van der Waals surface area contributed by atoms with E-state index in [1.807, 2.05) is 12.1 Å². The van der Waals surface area contributed by atoms with Crippen molar-refractivity contribution >= 4 is 15.9 Å². The normalized spacial score (nSPS) is 12.2. The number of hydrogen-bond acceptors (Lipinski definition) is 3. The van der Waals surface area contributed by atoms with Gasteiger partial charge in [0.1, 0.15) is 5.75 Å². The topological polar surface area (TPSA) is 47.3 Å². The second kappa shape index (κ2) is 6.30. The molecular weight excluding hydrogens is 330 g/mol. The van der Waals surface area contributed by atoms with Crippen molar-refractivity contribution < 1.29 is 13.5 Å². The van der Waals surface area contributed by atoms with Gasteiger partial charge in [-0.15, -0.1) is 0 Å². The number of hydrogen-bond donors (Lipinski definition) is 2. The molecule has 1 unspecified atom stereocenters. The van der Waals surface area contributed by atoms with Gasteiger partial charge in [-0.1, -0.05) is 24.3 Å². The molecule has 2 aromatic rings. The van der Waals surface area contributed by atoms with E-state index < -0.39 is 17.7 Å². The predicted molar refractivity (Wildman–Crippen MR) is 76.2 cm³/mol. The van der Waals surface area contributed by atoms with Crippen LogP contribution < -0.4 is 16.0 Å². The van der Waals surface area contributed by atoms with Crippen LogP contribution in [0.1, 0.15) is 17.2 Å². The molecule has 0 amide bonds. The fourth-order valence-electron chi connectivity index (χ4n) is 2.02. The molecule has 2 rings (SSSR count). The summed E-state index contributed by atoms with van der Waals surface area (Å²) in [6.07, 6.45) is 0. The van der Waals surface area contributed by atoms with Gasteiger partial charge in [-0.3, -0.25) is 5.84 Å². The Hall–Kier alpha value is -1.50. The van der Waals surface area contributed by atoms with Crippen LogP contribution in [-0.4, -0.2) is 7.11 Å². The molecule has 0 aromatic heterocycles. The number of ether oxygens (including phenoxy) is 1. The van der Waals surface area contributed by atoms with Gasteiger partial charge >= 0.3 is 0 Å². The lowest BCUT2D eigenvalue weighted by atomic mass is 9.98. The summed E-state index contributed by atoms with van der Waals surface area (Å²) in [6.45, 7) is 0. The predicted octanol–water partition coefficient (Wildman–Crippen LogP) is 3.29. The van der Waals surface area contributed by atoms with Gasteiger partial charge in [0.2, 0.25) is 0 Å². The quantitative estimate of drug-likeness (QED) is 0.509. The first kappa shape index (κ1) is 14.9. The van der Waals surface area contributed by atoms with Crippen LogP contribution in [0.2, 0.25) is 0 Å². The first-order chi connectivity index (χ1) is 9.60. The summed E-state index contributed by atoms with van der Waals surface area (Å²) in [4.78, 5) is 0. The van der Waals surface area contributed by atoms with Crippen LogP contribution in [0.25, 0.3) is 0 Å². The first-order valence-corrected chi connectivity index (χ1v) is 6.62. The minimum Gasteiger partial charge on any atom is -0.496 e. The summed E-state index contributed by atoms with van der Waals surface area (Å²) in [7, 11) is 1.53. The molecule has 2 aromatic carbocycles. The van der Waals surface area contributed by atoms with E-state index in [9.17, 15) is 8.78 Å². The Bertz CT molecular complexity index is 622. The highest BCUT2D eigenvalue weighted by molar-refractivity contribution is 9.10. The summed E-state index contributed by atoms with van der Waals surface area (Å²) in [5, 5.41) is 0. The van der Waals surface area contributed by atoms with E-state index in [0.29, 0.717) is 11.3 Å². The molecule has 0 saturated carbocycles. The monoisotopic (exact) mass is 342 g/mol. The van der Waals surface area contributed by atoms with Gasteiger partial charge in [0.15, 0.2) is 11.6 Å². The lowest BCUT2D eigenvalue weighted by Gasteiger charge is -2.21. The molecule has 0 fully saturated rings. The molecule has 1 atom stereocenters. The maximum Gasteiger partial charge on any atom is 0.173 e. The van der Waals surface area contributed by atoms with Gasteiger partial charge in [-0.2, -0.15) is 0 Å². The summed E-state index contributed by atoms with van der Waals surface area (Å²) in [5.74, 6) is 4.31. The van der Waals surface area contributed by atoms with Crippen LogP contribution in [0.15, 0.2) is 40.9 Å². The van der Waals surface area contributed by atoms with Gasteiger partial charge in [-0.05, 0) is 33.6 Å². The summed E-state index contributed by atoms with van der Waals surface area (Å²) >= 11 is 3.06. The zero-order valence-corrected chi connectivity index (χ0v) is 12.2. The van der Waals surface area contributed by atoms with E-state index in [1.165, 1.54) is 13.2 Å². The molecule has 6 heteroatoms. The molecule has 0 saturated heterocycles. The molecule has 0 aliphatic rings. The Balaban J connectivity index is 2.56. The van der Waals surface area contributed by atoms with E-state index >= 15 is 0 Å². The maximum atomic E-state index is 13.7. The van der Waals surface area contributed by atoms with E-state index in [-0.39, 0.29) is 4.47 Å². The number of methoxy groups -OCH3 is 1. The van der Waals surface area contributed by atoms with E-state index in [1.54, 1.807) is 12.1 Å². The SMILES string of the molecule is COc1ccccc1C(NN)c1ccc(F)c(F)c1Br. The summed E-state index contributed by atoms with van der Waals surface area (Å²) in [5.41, 5.74) is 3.81. The third-order valence-electron chi connectivity index (χ3n) is 2.99. The minimum atomic E-state index is -0.947. The molecule has 0 radical (unpaired) electrons. The number of nitrogens with one attached hydrogen (secondary N) is 1. The number of para-hydroxylation sites is 1. The average Bonchev–Trinajstić information content (AvgIpc) is 2.48. The van der Waals surface area contributed by atoms with Crippen LogP contribution in [0, 0.1) is 11.6 Å². The Morgan fingerprint density at radius 1 is 1.15 bits per heavy atom. The largest absolute Gasteiger partial charge is 0.496 e. The summed E-state index contributed by atoms with van der Waals surface area (Å²) in [6, 6.07) is 9.21. The van der Waals surface area contributed by atoms with Gasteiger partial charge in [0.25, 0.3) is 0 Å². The molecule has 3 N–H and O–H groups in total. The minimum absolute atomic E-state index is 0.0337. The maximum absolute atomic E-state index is 13.7. The molecule has 20 heavy (non-hydrogen) atoms. The third kappa shape index (κ3) is 2.67. The van der Waals surface area contributed by atoms with Crippen molar-refractivity contribution in [3.63, 3.8) is 0 Å². The Morgan fingerprint density at radius 3 is 2.50 bits per heavy atom. The van der Waals surface area contributed by atoms with Crippen molar-refractivity contribution in [2.45, 2.75) is 6.04 Å². The fraction of sp³-hybridized carbons (Fsp3) is 0.143. The van der Waals surface area contributed by atoms with Crippen LogP contribution in [0.5, 0.6) is 5.75 Å². The molecule has 106 valence electrons. The fourth-order valence-corrected chi connectivity index (χ4v) is 2.57. The second-order valence-corrected chi connectivity index (χ2v) is 4.90. The molecule has 0 spiro atoms. The highest BCUT2D eigenvalue weighted by Gasteiger charge is 2.22. The van der Waals surface area contributed by atoms with Crippen molar-refractivity contribution in [3.05, 3.63) is 63.6 Å². The van der Waals surface area contributed by atoms with Crippen molar-refractivity contribution in [2.75, 3.05) is 7.11 Å². The molecule has 3 nitrogen and oxygen atoms in total.